The Kier molecular flexibility index (Phi) is 3.20. The zero-order valence-electron chi connectivity index (χ0n) is 9.61. The normalized spacial score (nSPS) is 19.6. The van der Waals surface area contributed by atoms with Crippen LogP contribution in [0, 0.1) is 0 Å². The molecule has 16 heavy (non-hydrogen) atoms. The minimum absolute atomic E-state index is 0.0480. The summed E-state index contributed by atoms with van der Waals surface area (Å²) in [6.45, 7) is 1.97. The van der Waals surface area contributed by atoms with Gasteiger partial charge >= 0.3 is 0 Å². The number of hydrogen-bond acceptors (Lipinski definition) is 1. The molecule has 86 valence electrons. The SMILES string of the molecule is CC(CCl)N(C)C(=O)C1Cc2ccccc21. The number of alkyl halides is 1. The van der Waals surface area contributed by atoms with Gasteiger partial charge in [-0.25, -0.2) is 0 Å². The number of likely N-dealkylation sites (N-methyl/N-ethyl adjacent to an activating group) is 1. The number of amides is 1. The monoisotopic (exact) mass is 237 g/mol. The van der Waals surface area contributed by atoms with E-state index in [0.717, 1.165) is 6.42 Å². The van der Waals surface area contributed by atoms with Crippen LogP contribution in [0.15, 0.2) is 24.3 Å². The highest BCUT2D eigenvalue weighted by molar-refractivity contribution is 6.18. The summed E-state index contributed by atoms with van der Waals surface area (Å²) in [5, 5.41) is 0. The fourth-order valence-electron chi connectivity index (χ4n) is 2.05. The molecule has 0 fully saturated rings. The first kappa shape index (κ1) is 11.5. The number of nitrogens with zero attached hydrogens (tertiary/aromatic N) is 1. The Hall–Kier alpha value is -1.02. The molecule has 1 amide bonds. The summed E-state index contributed by atoms with van der Waals surface area (Å²) < 4.78 is 0. The second-order valence-electron chi connectivity index (χ2n) is 4.41. The van der Waals surface area contributed by atoms with E-state index in [1.165, 1.54) is 11.1 Å². The van der Waals surface area contributed by atoms with E-state index in [-0.39, 0.29) is 17.9 Å². The quantitative estimate of drug-likeness (QED) is 0.740. The van der Waals surface area contributed by atoms with Gasteiger partial charge in [0.25, 0.3) is 0 Å². The Morgan fingerprint density at radius 2 is 2.25 bits per heavy atom. The lowest BCUT2D eigenvalue weighted by atomic mass is 9.77. The third-order valence-corrected chi connectivity index (χ3v) is 3.83. The zero-order chi connectivity index (χ0) is 11.7. The minimum atomic E-state index is 0.0480. The van der Waals surface area contributed by atoms with Crippen molar-refractivity contribution in [3.8, 4) is 0 Å². The fourth-order valence-corrected chi connectivity index (χ4v) is 2.25. The molecule has 1 aliphatic carbocycles. The van der Waals surface area contributed by atoms with Crippen molar-refractivity contribution in [2.45, 2.75) is 25.3 Å². The lowest BCUT2D eigenvalue weighted by Gasteiger charge is -2.34. The maximum Gasteiger partial charge on any atom is 0.230 e. The van der Waals surface area contributed by atoms with Gasteiger partial charge < -0.3 is 4.90 Å². The predicted octanol–water partition coefficient (Wildman–Crippen LogP) is 2.41. The summed E-state index contributed by atoms with van der Waals surface area (Å²) in [6.07, 6.45) is 0.869. The van der Waals surface area contributed by atoms with Crippen LogP contribution in [0.3, 0.4) is 0 Å². The molecule has 1 aliphatic rings. The van der Waals surface area contributed by atoms with Gasteiger partial charge in [0.2, 0.25) is 5.91 Å². The number of fused-ring (bicyclic) bond motifs is 1. The minimum Gasteiger partial charge on any atom is -0.341 e. The molecule has 0 aliphatic heterocycles. The molecular formula is C13H16ClNO. The zero-order valence-corrected chi connectivity index (χ0v) is 10.4. The van der Waals surface area contributed by atoms with Crippen LogP contribution in [0.2, 0.25) is 0 Å². The standard InChI is InChI=1S/C13H16ClNO/c1-9(8-14)15(2)13(16)12-7-10-5-3-4-6-11(10)12/h3-6,9,12H,7-8H2,1-2H3. The van der Waals surface area contributed by atoms with Crippen molar-refractivity contribution in [3.63, 3.8) is 0 Å². The summed E-state index contributed by atoms with van der Waals surface area (Å²) in [5.74, 6) is 0.718. The molecule has 2 unspecified atom stereocenters. The van der Waals surface area contributed by atoms with Crippen molar-refractivity contribution in [1.82, 2.24) is 4.90 Å². The highest BCUT2D eigenvalue weighted by atomic mass is 35.5. The van der Waals surface area contributed by atoms with Gasteiger partial charge in [-0.1, -0.05) is 24.3 Å². The molecule has 0 saturated heterocycles. The molecule has 0 saturated carbocycles. The van der Waals surface area contributed by atoms with Crippen LogP contribution < -0.4 is 0 Å². The van der Waals surface area contributed by atoms with Crippen LogP contribution in [0.4, 0.5) is 0 Å². The van der Waals surface area contributed by atoms with Crippen LogP contribution >= 0.6 is 11.6 Å². The second-order valence-corrected chi connectivity index (χ2v) is 4.72. The van der Waals surface area contributed by atoms with E-state index >= 15 is 0 Å². The topological polar surface area (TPSA) is 20.3 Å². The van der Waals surface area contributed by atoms with Crippen molar-refractivity contribution in [1.29, 1.82) is 0 Å². The molecular weight excluding hydrogens is 222 g/mol. The molecule has 3 heteroatoms. The smallest absolute Gasteiger partial charge is 0.230 e. The fraction of sp³-hybridized carbons (Fsp3) is 0.462. The van der Waals surface area contributed by atoms with Gasteiger partial charge in [0, 0.05) is 19.0 Å². The van der Waals surface area contributed by atoms with Gasteiger partial charge in [-0.3, -0.25) is 4.79 Å². The molecule has 0 bridgehead atoms. The van der Waals surface area contributed by atoms with E-state index in [9.17, 15) is 4.79 Å². The van der Waals surface area contributed by atoms with Crippen molar-refractivity contribution >= 4 is 17.5 Å². The molecule has 2 atom stereocenters. The van der Waals surface area contributed by atoms with Gasteiger partial charge in [0.1, 0.15) is 0 Å². The Labute approximate surface area is 101 Å². The van der Waals surface area contributed by atoms with Crippen molar-refractivity contribution in [2.24, 2.45) is 0 Å². The van der Waals surface area contributed by atoms with E-state index in [0.29, 0.717) is 5.88 Å². The Balaban J connectivity index is 2.10. The average molecular weight is 238 g/mol. The number of rotatable bonds is 3. The van der Waals surface area contributed by atoms with E-state index in [2.05, 4.69) is 6.07 Å². The first-order chi connectivity index (χ1) is 7.65. The highest BCUT2D eigenvalue weighted by Crippen LogP contribution is 2.36. The maximum atomic E-state index is 12.2. The van der Waals surface area contributed by atoms with Crippen molar-refractivity contribution in [2.75, 3.05) is 12.9 Å². The third-order valence-electron chi connectivity index (χ3n) is 3.38. The summed E-state index contributed by atoms with van der Waals surface area (Å²) in [4.78, 5) is 13.9. The highest BCUT2D eigenvalue weighted by Gasteiger charge is 2.34. The molecule has 0 spiro atoms. The Morgan fingerprint density at radius 3 is 2.88 bits per heavy atom. The number of carbonyl (C=O) groups is 1. The van der Waals surface area contributed by atoms with E-state index in [4.69, 9.17) is 11.6 Å². The van der Waals surface area contributed by atoms with E-state index in [1.807, 2.05) is 32.2 Å². The van der Waals surface area contributed by atoms with Gasteiger partial charge in [0.15, 0.2) is 0 Å². The lowest BCUT2D eigenvalue weighted by molar-refractivity contribution is -0.133. The van der Waals surface area contributed by atoms with E-state index < -0.39 is 0 Å². The molecule has 1 aromatic rings. The predicted molar refractivity (Wildman–Crippen MR) is 65.8 cm³/mol. The summed E-state index contributed by atoms with van der Waals surface area (Å²) in [5.41, 5.74) is 2.48. The first-order valence-electron chi connectivity index (χ1n) is 5.55. The van der Waals surface area contributed by atoms with Crippen LogP contribution in [-0.4, -0.2) is 29.8 Å². The van der Waals surface area contributed by atoms with Gasteiger partial charge in [0.05, 0.1) is 5.92 Å². The molecule has 2 nitrogen and oxygen atoms in total. The molecule has 0 N–H and O–H groups in total. The maximum absolute atomic E-state index is 12.2. The summed E-state index contributed by atoms with van der Waals surface area (Å²) >= 11 is 5.76. The van der Waals surface area contributed by atoms with Crippen LogP contribution in [0.1, 0.15) is 24.0 Å². The lowest BCUT2D eigenvalue weighted by Crippen LogP contribution is -2.42. The van der Waals surface area contributed by atoms with Gasteiger partial charge in [-0.05, 0) is 24.5 Å². The van der Waals surface area contributed by atoms with Crippen LogP contribution in [0.5, 0.6) is 0 Å². The second kappa shape index (κ2) is 4.46. The van der Waals surface area contributed by atoms with Crippen LogP contribution in [0.25, 0.3) is 0 Å². The first-order valence-corrected chi connectivity index (χ1v) is 6.09. The Morgan fingerprint density at radius 1 is 1.56 bits per heavy atom. The van der Waals surface area contributed by atoms with Crippen molar-refractivity contribution < 1.29 is 4.79 Å². The van der Waals surface area contributed by atoms with Gasteiger partial charge in [-0.2, -0.15) is 0 Å². The number of benzene rings is 1. The Bertz CT molecular complexity index is 405. The molecule has 0 heterocycles. The number of halogens is 1. The van der Waals surface area contributed by atoms with Crippen LogP contribution in [-0.2, 0) is 11.2 Å². The largest absolute Gasteiger partial charge is 0.341 e. The number of carbonyl (C=O) groups excluding carboxylic acids is 1. The molecule has 1 aromatic carbocycles. The summed E-state index contributed by atoms with van der Waals surface area (Å²) in [6, 6.07) is 8.24. The molecule has 0 aromatic heterocycles. The summed E-state index contributed by atoms with van der Waals surface area (Å²) in [7, 11) is 1.83. The third kappa shape index (κ3) is 1.82. The molecule has 0 radical (unpaired) electrons. The van der Waals surface area contributed by atoms with Gasteiger partial charge in [-0.15, -0.1) is 11.6 Å². The molecule has 2 rings (SSSR count). The van der Waals surface area contributed by atoms with Crippen molar-refractivity contribution in [3.05, 3.63) is 35.4 Å². The average Bonchev–Trinajstić information content (AvgIpc) is 2.28. The van der Waals surface area contributed by atoms with E-state index in [1.54, 1.807) is 4.90 Å². The number of hydrogen-bond donors (Lipinski definition) is 0.